The van der Waals surface area contributed by atoms with Gasteiger partial charge in [0.25, 0.3) is 0 Å². The van der Waals surface area contributed by atoms with Gasteiger partial charge in [0.1, 0.15) is 17.4 Å². The summed E-state index contributed by atoms with van der Waals surface area (Å²) in [4.78, 5) is 22.8. The Balaban J connectivity index is 1.57. The SMILES string of the molecule is Nc1ncc(-c2nc(C3CC3)c3nc4n(c3n2)CCOC4C2CC2)cn1. The van der Waals surface area contributed by atoms with Gasteiger partial charge >= 0.3 is 0 Å². The van der Waals surface area contributed by atoms with Gasteiger partial charge in [-0.05, 0) is 31.6 Å². The van der Waals surface area contributed by atoms with Gasteiger partial charge in [-0.1, -0.05) is 0 Å². The Morgan fingerprint density at radius 3 is 2.58 bits per heavy atom. The minimum absolute atomic E-state index is 0.105. The number of nitrogen functional groups attached to an aromatic ring is 1. The molecule has 0 amide bonds. The maximum atomic E-state index is 6.04. The third-order valence-electron chi connectivity index (χ3n) is 5.46. The van der Waals surface area contributed by atoms with Crippen LogP contribution in [0.5, 0.6) is 0 Å². The van der Waals surface area contributed by atoms with Crippen molar-refractivity contribution in [1.29, 1.82) is 0 Å². The number of nitrogens with two attached hydrogens (primary N) is 1. The van der Waals surface area contributed by atoms with E-state index in [4.69, 9.17) is 25.4 Å². The maximum absolute atomic E-state index is 6.04. The molecule has 0 spiro atoms. The summed E-state index contributed by atoms with van der Waals surface area (Å²) in [6.07, 6.45) is 8.25. The lowest BCUT2D eigenvalue weighted by molar-refractivity contribution is 0.00385. The molecule has 2 N–H and O–H groups in total. The average Bonchev–Trinajstić information content (AvgIpc) is 3.57. The van der Waals surface area contributed by atoms with Crippen LogP contribution in [0.15, 0.2) is 12.4 Å². The van der Waals surface area contributed by atoms with Crippen molar-refractivity contribution in [2.75, 3.05) is 12.3 Å². The average molecular weight is 349 g/mol. The molecule has 0 bridgehead atoms. The summed E-state index contributed by atoms with van der Waals surface area (Å²) in [5.74, 6) is 3.01. The van der Waals surface area contributed by atoms with Crippen molar-refractivity contribution in [3.8, 4) is 11.4 Å². The van der Waals surface area contributed by atoms with Crippen molar-refractivity contribution >= 4 is 17.1 Å². The first kappa shape index (κ1) is 14.5. The lowest BCUT2D eigenvalue weighted by atomic mass is 10.2. The third kappa shape index (κ3) is 2.21. The molecule has 4 heterocycles. The van der Waals surface area contributed by atoms with Crippen LogP contribution in [0.25, 0.3) is 22.6 Å². The summed E-state index contributed by atoms with van der Waals surface area (Å²) in [6, 6.07) is 0. The number of rotatable bonds is 3. The van der Waals surface area contributed by atoms with Gasteiger partial charge in [0.15, 0.2) is 11.5 Å². The Hall–Kier alpha value is -2.61. The van der Waals surface area contributed by atoms with Crippen molar-refractivity contribution < 1.29 is 4.74 Å². The predicted molar refractivity (Wildman–Crippen MR) is 94.2 cm³/mol. The molecule has 2 fully saturated rings. The van der Waals surface area contributed by atoms with Crippen molar-refractivity contribution in [3.63, 3.8) is 0 Å². The van der Waals surface area contributed by atoms with Gasteiger partial charge in [0.05, 0.1) is 17.9 Å². The summed E-state index contributed by atoms with van der Waals surface area (Å²) in [7, 11) is 0. The Bertz CT molecular complexity index is 1000. The zero-order valence-electron chi connectivity index (χ0n) is 14.3. The number of aromatic nitrogens is 6. The van der Waals surface area contributed by atoms with Crippen LogP contribution in [0.1, 0.15) is 49.2 Å². The lowest BCUT2D eigenvalue weighted by Crippen LogP contribution is -2.23. The minimum atomic E-state index is 0.105. The number of hydrogen-bond donors (Lipinski definition) is 1. The molecule has 6 rings (SSSR count). The minimum Gasteiger partial charge on any atom is -0.368 e. The van der Waals surface area contributed by atoms with E-state index in [2.05, 4.69) is 14.5 Å². The molecule has 8 heteroatoms. The molecule has 2 aliphatic carbocycles. The van der Waals surface area contributed by atoms with E-state index in [-0.39, 0.29) is 12.1 Å². The van der Waals surface area contributed by atoms with Crippen LogP contribution in [0, 0.1) is 5.92 Å². The Labute approximate surface area is 149 Å². The fraction of sp³-hybridized carbons (Fsp3) is 0.500. The second-order valence-corrected chi connectivity index (χ2v) is 7.46. The molecule has 1 aliphatic heterocycles. The first-order valence-corrected chi connectivity index (χ1v) is 9.25. The summed E-state index contributed by atoms with van der Waals surface area (Å²) < 4.78 is 8.27. The zero-order valence-corrected chi connectivity index (χ0v) is 14.3. The van der Waals surface area contributed by atoms with E-state index >= 15 is 0 Å². The summed E-state index contributed by atoms with van der Waals surface area (Å²) in [6.45, 7) is 1.50. The first-order valence-electron chi connectivity index (χ1n) is 9.25. The normalized spacial score (nSPS) is 22.5. The number of imidazole rings is 1. The van der Waals surface area contributed by atoms with Gasteiger partial charge in [-0.2, -0.15) is 0 Å². The van der Waals surface area contributed by atoms with Crippen LogP contribution in [0.3, 0.4) is 0 Å². The molecule has 3 aliphatic rings. The van der Waals surface area contributed by atoms with E-state index in [1.807, 2.05) is 0 Å². The fourth-order valence-electron chi connectivity index (χ4n) is 3.79. The van der Waals surface area contributed by atoms with E-state index in [1.165, 1.54) is 12.8 Å². The van der Waals surface area contributed by atoms with Gasteiger partial charge in [0, 0.05) is 24.9 Å². The van der Waals surface area contributed by atoms with Gasteiger partial charge in [-0.25, -0.2) is 24.9 Å². The molecule has 3 aromatic heterocycles. The molecule has 3 aromatic rings. The second kappa shape index (κ2) is 5.20. The zero-order chi connectivity index (χ0) is 17.3. The molecule has 1 atom stereocenters. The van der Waals surface area contributed by atoms with Crippen LogP contribution in [0.4, 0.5) is 5.95 Å². The fourth-order valence-corrected chi connectivity index (χ4v) is 3.79. The Morgan fingerprint density at radius 1 is 1.04 bits per heavy atom. The molecule has 8 nitrogen and oxygen atoms in total. The number of ether oxygens (including phenoxy) is 1. The molecule has 26 heavy (non-hydrogen) atoms. The molecule has 0 saturated heterocycles. The predicted octanol–water partition coefficient (Wildman–Crippen LogP) is 2.22. The van der Waals surface area contributed by atoms with Crippen molar-refractivity contribution in [2.45, 2.75) is 44.2 Å². The van der Waals surface area contributed by atoms with Crippen LogP contribution in [-0.4, -0.2) is 36.1 Å². The monoisotopic (exact) mass is 349 g/mol. The maximum Gasteiger partial charge on any atom is 0.219 e. The van der Waals surface area contributed by atoms with Crippen LogP contribution in [-0.2, 0) is 11.3 Å². The number of anilines is 1. The van der Waals surface area contributed by atoms with Crippen molar-refractivity contribution in [1.82, 2.24) is 29.5 Å². The molecule has 0 aromatic carbocycles. The molecule has 2 saturated carbocycles. The highest BCUT2D eigenvalue weighted by Crippen LogP contribution is 2.47. The van der Waals surface area contributed by atoms with Crippen molar-refractivity contribution in [3.05, 3.63) is 23.9 Å². The molecular weight excluding hydrogens is 330 g/mol. The molecule has 132 valence electrons. The van der Waals surface area contributed by atoms with E-state index < -0.39 is 0 Å². The molecule has 1 unspecified atom stereocenters. The van der Waals surface area contributed by atoms with E-state index in [0.717, 1.165) is 47.6 Å². The standard InChI is InChI=1S/C18H19N7O/c19-18-20-7-11(8-21-18)15-22-12(9-1-2-9)13-16(24-15)25-5-6-26-14(10-3-4-10)17(25)23-13/h7-10,14H,1-6H2,(H2,19,20,21). The van der Waals surface area contributed by atoms with Gasteiger partial charge < -0.3 is 15.0 Å². The number of fused-ring (bicyclic) bond motifs is 3. The topological polar surface area (TPSA) is 105 Å². The second-order valence-electron chi connectivity index (χ2n) is 7.46. The first-order chi connectivity index (χ1) is 12.8. The highest BCUT2D eigenvalue weighted by molar-refractivity contribution is 5.78. The van der Waals surface area contributed by atoms with Crippen LogP contribution < -0.4 is 5.73 Å². The van der Waals surface area contributed by atoms with Gasteiger partial charge in [-0.15, -0.1) is 0 Å². The summed E-state index contributed by atoms with van der Waals surface area (Å²) >= 11 is 0. The third-order valence-corrected chi connectivity index (χ3v) is 5.46. The highest BCUT2D eigenvalue weighted by Gasteiger charge is 2.40. The van der Waals surface area contributed by atoms with Crippen molar-refractivity contribution in [2.24, 2.45) is 5.92 Å². The highest BCUT2D eigenvalue weighted by atomic mass is 16.5. The molecule has 0 radical (unpaired) electrons. The van der Waals surface area contributed by atoms with Gasteiger partial charge in [0.2, 0.25) is 5.95 Å². The van der Waals surface area contributed by atoms with E-state index in [1.54, 1.807) is 12.4 Å². The Kier molecular flexibility index (Phi) is 2.91. The Morgan fingerprint density at radius 2 is 1.85 bits per heavy atom. The molecular formula is C18H19N7O. The quantitative estimate of drug-likeness (QED) is 0.773. The summed E-state index contributed by atoms with van der Waals surface area (Å²) in [5.41, 5.74) is 9.31. The van der Waals surface area contributed by atoms with E-state index in [9.17, 15) is 0 Å². The number of nitrogens with zero attached hydrogens (tertiary/aromatic N) is 6. The lowest BCUT2D eigenvalue weighted by Gasteiger charge is -2.23. The smallest absolute Gasteiger partial charge is 0.219 e. The van der Waals surface area contributed by atoms with Crippen LogP contribution in [0.2, 0.25) is 0 Å². The van der Waals surface area contributed by atoms with Gasteiger partial charge in [-0.3, -0.25) is 0 Å². The number of hydrogen-bond acceptors (Lipinski definition) is 7. The van der Waals surface area contributed by atoms with Crippen LogP contribution >= 0.6 is 0 Å². The van der Waals surface area contributed by atoms with E-state index in [0.29, 0.717) is 24.3 Å². The largest absolute Gasteiger partial charge is 0.368 e. The summed E-state index contributed by atoms with van der Waals surface area (Å²) in [5, 5.41) is 0.